The van der Waals surface area contributed by atoms with Gasteiger partial charge in [-0.05, 0) is 50.5 Å². The van der Waals surface area contributed by atoms with Crippen LogP contribution in [0.2, 0.25) is 0 Å². The number of hydrogen-bond donors (Lipinski definition) is 0. The van der Waals surface area contributed by atoms with Crippen molar-refractivity contribution in [2.75, 3.05) is 31.2 Å². The zero-order chi connectivity index (χ0) is 24.3. The molecule has 7 nitrogen and oxygen atoms in total. The summed E-state index contributed by atoms with van der Waals surface area (Å²) in [5, 5.41) is 9.85. The van der Waals surface area contributed by atoms with Gasteiger partial charge in [0, 0.05) is 37.0 Å². The van der Waals surface area contributed by atoms with Gasteiger partial charge in [-0.25, -0.2) is 9.67 Å². The van der Waals surface area contributed by atoms with Crippen LogP contribution >= 0.6 is 0 Å². The molecule has 4 heterocycles. The summed E-state index contributed by atoms with van der Waals surface area (Å²) in [7, 11) is 0. The molecule has 184 valence electrons. The zero-order valence-corrected chi connectivity index (χ0v) is 21.2. The maximum atomic E-state index is 5.61. The number of hydrogen-bond acceptors (Lipinski definition) is 5. The van der Waals surface area contributed by atoms with E-state index in [1.807, 2.05) is 28.4 Å². The maximum Gasteiger partial charge on any atom is 0.160 e. The highest BCUT2D eigenvalue weighted by Crippen LogP contribution is 2.48. The first-order chi connectivity index (χ1) is 17.1. The summed E-state index contributed by atoms with van der Waals surface area (Å²) in [6.07, 6.45) is 18.4. The molecule has 7 heteroatoms. The Balaban J connectivity index is 1.53. The Bertz CT molecular complexity index is 1250. The second kappa shape index (κ2) is 10.2. The van der Waals surface area contributed by atoms with Gasteiger partial charge in [0.2, 0.25) is 0 Å². The van der Waals surface area contributed by atoms with Crippen molar-refractivity contribution in [2.45, 2.75) is 52.9 Å². The Morgan fingerprint density at radius 2 is 2.00 bits per heavy atom. The standard InChI is InChI=1S/C28H36N6O/c1-4-6-7-9-22(8-5-2)24-20-26-29-25(21-27(34(26)31-24)32-16-18-35-19-17-32)33-15-11-23(30-33)10-12-28(3)13-14-28/h5-9,11,15,20-21H,4,10,12-14,16-19H2,1-3H3/b7-6+,8-5-,22-9+. The van der Waals surface area contributed by atoms with Crippen molar-refractivity contribution in [3.8, 4) is 5.82 Å². The fourth-order valence-corrected chi connectivity index (χ4v) is 4.45. The molecule has 5 rings (SSSR count). The van der Waals surface area contributed by atoms with Gasteiger partial charge in [-0.15, -0.1) is 0 Å². The Morgan fingerprint density at radius 1 is 1.17 bits per heavy atom. The fraction of sp³-hybridized carbons (Fsp3) is 0.464. The van der Waals surface area contributed by atoms with E-state index < -0.39 is 0 Å². The summed E-state index contributed by atoms with van der Waals surface area (Å²) in [5.41, 5.74) is 4.44. The third-order valence-corrected chi connectivity index (χ3v) is 6.99. The van der Waals surface area contributed by atoms with Crippen LogP contribution in [-0.2, 0) is 11.2 Å². The molecule has 1 aliphatic carbocycles. The molecular formula is C28H36N6O. The summed E-state index contributed by atoms with van der Waals surface area (Å²) in [6, 6.07) is 6.29. The Kier molecular flexibility index (Phi) is 6.86. The van der Waals surface area contributed by atoms with Gasteiger partial charge in [-0.1, -0.05) is 44.2 Å². The van der Waals surface area contributed by atoms with Crippen LogP contribution < -0.4 is 4.90 Å². The van der Waals surface area contributed by atoms with E-state index >= 15 is 0 Å². The molecule has 3 aromatic rings. The van der Waals surface area contributed by atoms with Crippen LogP contribution in [0.5, 0.6) is 0 Å². The van der Waals surface area contributed by atoms with E-state index in [-0.39, 0.29) is 0 Å². The summed E-state index contributed by atoms with van der Waals surface area (Å²) in [4.78, 5) is 7.30. The van der Waals surface area contributed by atoms with Crippen molar-refractivity contribution in [1.29, 1.82) is 0 Å². The molecule has 2 fully saturated rings. The molecule has 2 aliphatic rings. The summed E-state index contributed by atoms with van der Waals surface area (Å²) in [5.74, 6) is 1.84. The smallest absolute Gasteiger partial charge is 0.160 e. The Labute approximate surface area is 207 Å². The molecule has 1 saturated carbocycles. The lowest BCUT2D eigenvalue weighted by Crippen LogP contribution is -2.37. The second-order valence-corrected chi connectivity index (χ2v) is 9.89. The van der Waals surface area contributed by atoms with Gasteiger partial charge in [0.25, 0.3) is 0 Å². The zero-order valence-electron chi connectivity index (χ0n) is 21.2. The molecule has 3 aromatic heterocycles. The molecule has 0 aromatic carbocycles. The number of anilines is 1. The number of aryl methyl sites for hydroxylation is 1. The lowest BCUT2D eigenvalue weighted by atomic mass is 10.0. The van der Waals surface area contributed by atoms with Gasteiger partial charge in [-0.2, -0.15) is 14.7 Å². The fourth-order valence-electron chi connectivity index (χ4n) is 4.45. The molecule has 0 atom stereocenters. The van der Waals surface area contributed by atoms with Crippen LogP contribution in [0, 0.1) is 5.41 Å². The topological polar surface area (TPSA) is 60.5 Å². The first kappa shape index (κ1) is 23.5. The number of nitrogens with zero attached hydrogens (tertiary/aromatic N) is 6. The van der Waals surface area contributed by atoms with Crippen LogP contribution in [0.3, 0.4) is 0 Å². The van der Waals surface area contributed by atoms with E-state index in [4.69, 9.17) is 19.9 Å². The van der Waals surface area contributed by atoms with E-state index in [2.05, 4.69) is 61.3 Å². The normalized spacial score (nSPS) is 18.4. The van der Waals surface area contributed by atoms with Crippen LogP contribution in [0.15, 0.2) is 54.8 Å². The van der Waals surface area contributed by atoms with Gasteiger partial charge in [0.15, 0.2) is 11.5 Å². The van der Waals surface area contributed by atoms with Gasteiger partial charge in [0.1, 0.15) is 5.82 Å². The van der Waals surface area contributed by atoms with Gasteiger partial charge >= 0.3 is 0 Å². The minimum absolute atomic E-state index is 0.531. The van der Waals surface area contributed by atoms with Crippen LogP contribution in [0.1, 0.15) is 57.8 Å². The third-order valence-electron chi connectivity index (χ3n) is 6.99. The maximum absolute atomic E-state index is 5.61. The minimum Gasteiger partial charge on any atom is -0.378 e. The van der Waals surface area contributed by atoms with Crippen molar-refractivity contribution in [1.82, 2.24) is 24.4 Å². The van der Waals surface area contributed by atoms with Crippen molar-refractivity contribution in [3.05, 3.63) is 66.2 Å². The van der Waals surface area contributed by atoms with E-state index in [0.29, 0.717) is 18.6 Å². The lowest BCUT2D eigenvalue weighted by Gasteiger charge is -2.29. The average Bonchev–Trinajstić information content (AvgIpc) is 3.25. The van der Waals surface area contributed by atoms with Crippen LogP contribution in [0.25, 0.3) is 17.0 Å². The molecule has 1 aliphatic heterocycles. The van der Waals surface area contributed by atoms with Gasteiger partial charge in [0.05, 0.1) is 24.6 Å². The predicted octanol–water partition coefficient (Wildman–Crippen LogP) is 5.41. The van der Waals surface area contributed by atoms with Crippen molar-refractivity contribution >= 4 is 17.0 Å². The molecule has 35 heavy (non-hydrogen) atoms. The molecule has 0 bridgehead atoms. The van der Waals surface area contributed by atoms with Crippen LogP contribution in [-0.4, -0.2) is 50.7 Å². The third kappa shape index (κ3) is 5.40. The minimum atomic E-state index is 0.531. The van der Waals surface area contributed by atoms with Gasteiger partial charge in [-0.3, -0.25) is 0 Å². The van der Waals surface area contributed by atoms with E-state index in [9.17, 15) is 0 Å². The van der Waals surface area contributed by atoms with E-state index in [1.54, 1.807) is 0 Å². The summed E-state index contributed by atoms with van der Waals surface area (Å²) >= 11 is 0. The van der Waals surface area contributed by atoms with Crippen LogP contribution in [0.4, 0.5) is 5.82 Å². The van der Waals surface area contributed by atoms with Crippen molar-refractivity contribution in [2.24, 2.45) is 5.41 Å². The average molecular weight is 473 g/mol. The molecule has 1 saturated heterocycles. The highest BCUT2D eigenvalue weighted by Gasteiger charge is 2.36. The molecule has 0 spiro atoms. The summed E-state index contributed by atoms with van der Waals surface area (Å²) in [6.45, 7) is 9.62. The first-order valence-corrected chi connectivity index (χ1v) is 12.9. The Morgan fingerprint density at radius 3 is 2.74 bits per heavy atom. The molecule has 0 unspecified atom stereocenters. The largest absolute Gasteiger partial charge is 0.378 e. The number of fused-ring (bicyclic) bond motifs is 1. The SMILES string of the molecule is C\C=C/C(=C\C=C\CC)c1cc2nc(-n3ccc(CCC4(C)CC4)n3)cc(N3CCOCC3)n2n1. The molecule has 0 amide bonds. The number of rotatable bonds is 9. The van der Waals surface area contributed by atoms with Gasteiger partial charge < -0.3 is 9.64 Å². The molecular weight excluding hydrogens is 436 g/mol. The van der Waals surface area contributed by atoms with E-state index in [1.165, 1.54) is 19.3 Å². The number of aromatic nitrogens is 5. The molecule has 0 N–H and O–H groups in total. The van der Waals surface area contributed by atoms with Crippen molar-refractivity contribution < 1.29 is 4.74 Å². The van der Waals surface area contributed by atoms with Crippen molar-refractivity contribution in [3.63, 3.8) is 0 Å². The van der Waals surface area contributed by atoms with E-state index in [0.717, 1.165) is 60.2 Å². The summed E-state index contributed by atoms with van der Waals surface area (Å²) < 4.78 is 9.48. The second-order valence-electron chi connectivity index (χ2n) is 9.89. The predicted molar refractivity (Wildman–Crippen MR) is 141 cm³/mol. The quantitative estimate of drug-likeness (QED) is 0.390. The number of ether oxygens (including phenoxy) is 1. The molecule has 0 radical (unpaired) electrons. The highest BCUT2D eigenvalue weighted by molar-refractivity contribution is 5.75. The highest BCUT2D eigenvalue weighted by atomic mass is 16.5. The monoisotopic (exact) mass is 472 g/mol. The lowest BCUT2D eigenvalue weighted by molar-refractivity contribution is 0.122. The number of morpholine rings is 1. The Hall–Kier alpha value is -3.19. The first-order valence-electron chi connectivity index (χ1n) is 12.9. The number of allylic oxidation sites excluding steroid dienone is 6.